The Hall–Kier alpha value is -2.92. The van der Waals surface area contributed by atoms with Crippen molar-refractivity contribution in [2.75, 3.05) is 19.7 Å². The summed E-state index contributed by atoms with van der Waals surface area (Å²) in [6, 6.07) is 15.3. The zero-order valence-corrected chi connectivity index (χ0v) is 18.5. The number of aryl methyl sites for hydroxylation is 1. The minimum absolute atomic E-state index is 0.0476. The van der Waals surface area contributed by atoms with Gasteiger partial charge in [0.15, 0.2) is 0 Å². The quantitative estimate of drug-likeness (QED) is 0.522. The fourth-order valence-corrected chi connectivity index (χ4v) is 4.30. The van der Waals surface area contributed by atoms with Gasteiger partial charge < -0.3 is 9.64 Å². The SMILES string of the molecule is CCOC(=O)C1CCN(C(=O)c2cc(-c3ccccc3Cl)nc3ccc(C)cc23)CC1. The number of aromatic nitrogens is 1. The van der Waals surface area contributed by atoms with Crippen LogP contribution in [0.5, 0.6) is 0 Å². The number of halogens is 1. The van der Waals surface area contributed by atoms with E-state index in [1.165, 1.54) is 0 Å². The van der Waals surface area contributed by atoms with Crippen LogP contribution >= 0.6 is 11.6 Å². The molecule has 1 aliphatic rings. The Kier molecular flexibility index (Phi) is 6.23. The second-order valence-corrected chi connectivity index (χ2v) is 8.28. The lowest BCUT2D eigenvalue weighted by molar-refractivity contribution is -0.149. The summed E-state index contributed by atoms with van der Waals surface area (Å²) in [6.07, 6.45) is 1.23. The minimum atomic E-state index is -0.166. The predicted octanol–water partition coefficient (Wildman–Crippen LogP) is 5.28. The summed E-state index contributed by atoms with van der Waals surface area (Å²) in [5, 5.41) is 1.42. The molecule has 0 radical (unpaired) electrons. The Morgan fingerprint density at radius 3 is 2.58 bits per heavy atom. The van der Waals surface area contributed by atoms with Gasteiger partial charge >= 0.3 is 5.97 Å². The van der Waals surface area contributed by atoms with Crippen molar-refractivity contribution in [2.45, 2.75) is 26.7 Å². The van der Waals surface area contributed by atoms with E-state index in [1.807, 2.05) is 67.3 Å². The minimum Gasteiger partial charge on any atom is -0.466 e. The van der Waals surface area contributed by atoms with E-state index in [4.69, 9.17) is 21.3 Å². The van der Waals surface area contributed by atoms with Crippen LogP contribution in [-0.4, -0.2) is 41.5 Å². The number of nitrogens with zero attached hydrogens (tertiary/aromatic N) is 2. The number of hydrogen-bond donors (Lipinski definition) is 0. The first kappa shape index (κ1) is 21.3. The van der Waals surface area contributed by atoms with Crippen LogP contribution in [0.4, 0.5) is 0 Å². The number of carbonyl (C=O) groups is 2. The van der Waals surface area contributed by atoms with Gasteiger partial charge in [0, 0.05) is 29.1 Å². The number of esters is 1. The number of piperidine rings is 1. The first-order valence-corrected chi connectivity index (χ1v) is 11.0. The number of fused-ring (bicyclic) bond motifs is 1. The summed E-state index contributed by atoms with van der Waals surface area (Å²) < 4.78 is 5.15. The van der Waals surface area contributed by atoms with Crippen LogP contribution in [0.3, 0.4) is 0 Å². The van der Waals surface area contributed by atoms with E-state index in [0.717, 1.165) is 22.0 Å². The summed E-state index contributed by atoms with van der Waals surface area (Å²) in [5.74, 6) is -0.353. The number of hydrogen-bond acceptors (Lipinski definition) is 4. The molecule has 0 N–H and O–H groups in total. The van der Waals surface area contributed by atoms with Gasteiger partial charge in [-0.2, -0.15) is 0 Å². The fourth-order valence-electron chi connectivity index (χ4n) is 4.07. The topological polar surface area (TPSA) is 59.5 Å². The molecular weight excluding hydrogens is 412 g/mol. The molecule has 1 amide bonds. The number of likely N-dealkylation sites (tertiary alicyclic amines) is 1. The molecule has 31 heavy (non-hydrogen) atoms. The van der Waals surface area contributed by atoms with Gasteiger partial charge in [-0.05, 0) is 51.0 Å². The van der Waals surface area contributed by atoms with E-state index >= 15 is 0 Å². The first-order valence-electron chi connectivity index (χ1n) is 10.6. The maximum Gasteiger partial charge on any atom is 0.309 e. The second-order valence-electron chi connectivity index (χ2n) is 7.87. The molecule has 160 valence electrons. The van der Waals surface area contributed by atoms with Crippen molar-refractivity contribution in [3.05, 3.63) is 64.7 Å². The average molecular weight is 437 g/mol. The van der Waals surface area contributed by atoms with E-state index in [0.29, 0.717) is 48.8 Å². The van der Waals surface area contributed by atoms with Gasteiger partial charge in [0.1, 0.15) is 0 Å². The summed E-state index contributed by atoms with van der Waals surface area (Å²) in [6.45, 7) is 5.24. The fraction of sp³-hybridized carbons (Fsp3) is 0.320. The van der Waals surface area contributed by atoms with Crippen molar-refractivity contribution >= 4 is 34.4 Å². The van der Waals surface area contributed by atoms with Crippen LogP contribution in [0.1, 0.15) is 35.7 Å². The molecule has 0 unspecified atom stereocenters. The van der Waals surface area contributed by atoms with Gasteiger partial charge in [0.2, 0.25) is 0 Å². The highest BCUT2D eigenvalue weighted by Gasteiger charge is 2.29. The number of pyridine rings is 1. The van der Waals surface area contributed by atoms with Crippen molar-refractivity contribution in [3.63, 3.8) is 0 Å². The molecule has 0 bridgehead atoms. The van der Waals surface area contributed by atoms with Crippen molar-refractivity contribution in [1.82, 2.24) is 9.88 Å². The number of carbonyl (C=O) groups excluding carboxylic acids is 2. The average Bonchev–Trinajstić information content (AvgIpc) is 2.78. The van der Waals surface area contributed by atoms with Crippen molar-refractivity contribution in [3.8, 4) is 11.3 Å². The molecule has 1 aliphatic heterocycles. The van der Waals surface area contributed by atoms with Gasteiger partial charge in [-0.1, -0.05) is 41.4 Å². The van der Waals surface area contributed by atoms with Crippen LogP contribution in [0.15, 0.2) is 48.5 Å². The molecule has 0 spiro atoms. The van der Waals surface area contributed by atoms with Gasteiger partial charge in [-0.25, -0.2) is 4.98 Å². The second kappa shape index (κ2) is 9.06. The maximum absolute atomic E-state index is 13.5. The molecule has 1 aromatic heterocycles. The molecule has 2 aromatic carbocycles. The molecule has 6 heteroatoms. The lowest BCUT2D eigenvalue weighted by atomic mass is 9.95. The lowest BCUT2D eigenvalue weighted by Gasteiger charge is -2.31. The third-order valence-electron chi connectivity index (χ3n) is 5.75. The standard InChI is InChI=1S/C25H25ClN2O3/c1-3-31-25(30)17-10-12-28(13-11-17)24(29)20-15-23(18-6-4-5-7-21(18)26)27-22-9-8-16(2)14-19(20)22/h4-9,14-15,17H,3,10-13H2,1-2H3. The number of benzene rings is 2. The zero-order valence-electron chi connectivity index (χ0n) is 17.7. The van der Waals surface area contributed by atoms with E-state index in [-0.39, 0.29) is 17.8 Å². The van der Waals surface area contributed by atoms with Gasteiger partial charge in [0.25, 0.3) is 5.91 Å². The van der Waals surface area contributed by atoms with E-state index < -0.39 is 0 Å². The van der Waals surface area contributed by atoms with Gasteiger partial charge in [-0.3, -0.25) is 9.59 Å². The molecule has 0 aliphatic carbocycles. The molecule has 3 aromatic rings. The third-order valence-corrected chi connectivity index (χ3v) is 6.08. The largest absolute Gasteiger partial charge is 0.466 e. The van der Waals surface area contributed by atoms with E-state index in [9.17, 15) is 9.59 Å². The van der Waals surface area contributed by atoms with E-state index in [1.54, 1.807) is 0 Å². The Morgan fingerprint density at radius 1 is 1.13 bits per heavy atom. The Morgan fingerprint density at radius 2 is 1.87 bits per heavy atom. The summed E-state index contributed by atoms with van der Waals surface area (Å²) in [5.41, 5.74) is 3.90. The van der Waals surface area contributed by atoms with Gasteiger partial charge in [0.05, 0.1) is 29.3 Å². The number of amides is 1. The van der Waals surface area contributed by atoms with Crippen molar-refractivity contribution in [2.24, 2.45) is 5.92 Å². The molecular formula is C25H25ClN2O3. The van der Waals surface area contributed by atoms with Crippen LogP contribution in [0.25, 0.3) is 22.2 Å². The maximum atomic E-state index is 13.5. The molecule has 1 fully saturated rings. The normalized spacial score (nSPS) is 14.6. The van der Waals surface area contributed by atoms with Crippen LogP contribution in [-0.2, 0) is 9.53 Å². The monoisotopic (exact) mass is 436 g/mol. The summed E-state index contributed by atoms with van der Waals surface area (Å²) in [7, 11) is 0. The molecule has 0 atom stereocenters. The summed E-state index contributed by atoms with van der Waals surface area (Å²) in [4.78, 5) is 32.2. The van der Waals surface area contributed by atoms with Gasteiger partial charge in [-0.15, -0.1) is 0 Å². The third kappa shape index (κ3) is 4.42. The van der Waals surface area contributed by atoms with Crippen molar-refractivity contribution in [1.29, 1.82) is 0 Å². The van der Waals surface area contributed by atoms with Crippen LogP contribution in [0, 0.1) is 12.8 Å². The lowest BCUT2D eigenvalue weighted by Crippen LogP contribution is -2.40. The Balaban J connectivity index is 1.69. The molecule has 2 heterocycles. The first-order chi connectivity index (χ1) is 15.0. The highest BCUT2D eigenvalue weighted by molar-refractivity contribution is 6.33. The molecule has 5 nitrogen and oxygen atoms in total. The Labute approximate surface area is 187 Å². The summed E-state index contributed by atoms with van der Waals surface area (Å²) >= 11 is 6.41. The number of ether oxygens (including phenoxy) is 1. The zero-order chi connectivity index (χ0) is 22.0. The highest BCUT2D eigenvalue weighted by atomic mass is 35.5. The van der Waals surface area contributed by atoms with Crippen LogP contribution < -0.4 is 0 Å². The van der Waals surface area contributed by atoms with E-state index in [2.05, 4.69) is 0 Å². The number of rotatable bonds is 4. The predicted molar refractivity (Wildman–Crippen MR) is 122 cm³/mol. The molecule has 1 saturated heterocycles. The van der Waals surface area contributed by atoms with Crippen molar-refractivity contribution < 1.29 is 14.3 Å². The molecule has 4 rings (SSSR count). The Bertz CT molecular complexity index is 1140. The molecule has 0 saturated carbocycles. The highest BCUT2D eigenvalue weighted by Crippen LogP contribution is 2.31. The van der Waals surface area contributed by atoms with Crippen LogP contribution in [0.2, 0.25) is 5.02 Å². The smallest absolute Gasteiger partial charge is 0.309 e.